The van der Waals surface area contributed by atoms with Crippen molar-refractivity contribution in [1.82, 2.24) is 19.6 Å². The van der Waals surface area contributed by atoms with Crippen molar-refractivity contribution in [3.05, 3.63) is 89.0 Å². The van der Waals surface area contributed by atoms with Crippen molar-refractivity contribution >= 4 is 63.2 Å². The van der Waals surface area contributed by atoms with Gasteiger partial charge in [-0.05, 0) is 84.3 Å². The summed E-state index contributed by atoms with van der Waals surface area (Å²) in [5, 5.41) is 13.1. The van der Waals surface area contributed by atoms with Crippen LogP contribution in [0, 0.1) is 5.82 Å². The average Bonchev–Trinajstić information content (AvgIpc) is 2.99. The molecule has 0 saturated carbocycles. The molecule has 1 heterocycles. The third kappa shape index (κ3) is 14.3. The third-order valence-corrected chi connectivity index (χ3v) is 6.57. The van der Waals surface area contributed by atoms with Crippen LogP contribution in [0.1, 0.15) is 17.3 Å². The number of benzene rings is 2. The Morgan fingerprint density at radius 1 is 1.23 bits per heavy atom. The molecule has 14 heteroatoms. The number of aliphatic hydroxyl groups is 1. The Kier molecular flexibility index (Phi) is 18.1. The number of primary amides is 1. The van der Waals surface area contributed by atoms with Gasteiger partial charge in [0.15, 0.2) is 0 Å². The second-order valence-corrected chi connectivity index (χ2v) is 10.2. The number of hydrogen-bond acceptors (Lipinski definition) is 11. The van der Waals surface area contributed by atoms with Gasteiger partial charge >= 0.3 is 0 Å². The first-order valence-corrected chi connectivity index (χ1v) is 14.3. The lowest BCUT2D eigenvalue weighted by molar-refractivity contribution is -0.104. The molecule has 3 aromatic rings. The van der Waals surface area contributed by atoms with Gasteiger partial charge in [-0.25, -0.2) is 9.37 Å². The lowest BCUT2D eigenvalue weighted by Crippen LogP contribution is -2.26. The predicted octanol–water partition coefficient (Wildman–Crippen LogP) is 5.02. The van der Waals surface area contributed by atoms with E-state index in [9.17, 15) is 14.0 Å². The topological polar surface area (TPSA) is 155 Å². The van der Waals surface area contributed by atoms with E-state index in [0.717, 1.165) is 49.4 Å². The fraction of sp³-hybridized carbons (Fsp3) is 0.241. The van der Waals surface area contributed by atoms with Gasteiger partial charge in [0.25, 0.3) is 5.91 Å². The molecule has 0 saturated heterocycles. The molecule has 0 unspecified atom stereocenters. The molecule has 43 heavy (non-hydrogen) atoms. The van der Waals surface area contributed by atoms with Crippen LogP contribution in [0.3, 0.4) is 0 Å². The molecular formula is C29H37BrFN7O4S. The van der Waals surface area contributed by atoms with Crippen LogP contribution in [-0.2, 0) is 9.53 Å². The van der Waals surface area contributed by atoms with E-state index >= 15 is 0 Å². The van der Waals surface area contributed by atoms with E-state index in [1.165, 1.54) is 36.2 Å². The number of methoxy groups -OCH3 is 1. The third-order valence-electron chi connectivity index (χ3n) is 5.13. The molecule has 232 valence electrons. The summed E-state index contributed by atoms with van der Waals surface area (Å²) in [6.45, 7) is 7.59. The molecule has 0 aliphatic rings. The Hall–Kier alpha value is -3.82. The summed E-state index contributed by atoms with van der Waals surface area (Å²) in [4.78, 5) is 33.8. The van der Waals surface area contributed by atoms with Crippen LogP contribution in [0.5, 0.6) is 0 Å². The fourth-order valence-corrected chi connectivity index (χ4v) is 3.94. The molecule has 0 aliphatic heterocycles. The number of amides is 1. The maximum Gasteiger partial charge on any atom is 0.253 e. The molecule has 0 fully saturated rings. The van der Waals surface area contributed by atoms with Crippen LogP contribution in [0.25, 0.3) is 0 Å². The highest BCUT2D eigenvalue weighted by Crippen LogP contribution is 2.28. The van der Waals surface area contributed by atoms with Gasteiger partial charge in [0.2, 0.25) is 5.95 Å². The van der Waals surface area contributed by atoms with Crippen molar-refractivity contribution in [3.63, 3.8) is 0 Å². The predicted molar refractivity (Wildman–Crippen MR) is 174 cm³/mol. The van der Waals surface area contributed by atoms with E-state index in [-0.39, 0.29) is 11.3 Å². The number of aliphatic hydroxyl groups excluding tert-OH is 1. The number of carbonyl (C=O) groups excluding carboxylic acids is 2. The van der Waals surface area contributed by atoms with Gasteiger partial charge in [-0.1, -0.05) is 18.7 Å². The van der Waals surface area contributed by atoms with Crippen molar-refractivity contribution in [2.24, 2.45) is 5.73 Å². The minimum Gasteiger partial charge on any atom is -0.502 e. The number of hydrogen-bond donors (Lipinski definition) is 5. The van der Waals surface area contributed by atoms with Crippen molar-refractivity contribution in [3.8, 4) is 0 Å². The van der Waals surface area contributed by atoms with Gasteiger partial charge in [0.1, 0.15) is 17.9 Å². The van der Waals surface area contributed by atoms with Crippen LogP contribution >= 0.6 is 27.9 Å². The quantitative estimate of drug-likeness (QED) is 0.0513. The Balaban J connectivity index is 0.00000120. The molecule has 0 bridgehead atoms. The van der Waals surface area contributed by atoms with Gasteiger partial charge in [0, 0.05) is 43.5 Å². The molecule has 0 atom stereocenters. The van der Waals surface area contributed by atoms with Crippen LogP contribution in [0.4, 0.5) is 27.5 Å². The highest BCUT2D eigenvalue weighted by atomic mass is 79.9. The molecule has 1 aromatic heterocycles. The molecule has 11 nitrogen and oxygen atoms in total. The normalized spacial score (nSPS) is 10.2. The highest BCUT2D eigenvalue weighted by Gasteiger charge is 2.16. The van der Waals surface area contributed by atoms with Crippen molar-refractivity contribution in [2.75, 3.05) is 51.5 Å². The van der Waals surface area contributed by atoms with Gasteiger partial charge < -0.3 is 31.1 Å². The number of nitrogens with zero attached hydrogens (tertiary/aromatic N) is 3. The van der Waals surface area contributed by atoms with Gasteiger partial charge in [-0.3, -0.25) is 14.3 Å². The number of ether oxygens (including phenoxy) is 1. The Bertz CT molecular complexity index is 1350. The lowest BCUT2D eigenvalue weighted by atomic mass is 10.1. The van der Waals surface area contributed by atoms with E-state index in [1.54, 1.807) is 20.2 Å². The number of carbonyl (C=O) groups is 2. The lowest BCUT2D eigenvalue weighted by Gasteiger charge is -2.14. The standard InChI is InChI=1S/C24H25BrFN7O2S.C4H8O.CH4O/c1-33(12-2-3-14-34)13-11-29-36-17-9-7-16(8-10-17)30-24-28-15-18(25)23(32-24)31-20-6-4-5-19(26)21(20)22(27)35;1-4(2)5-3;1-2/h2-10,14-15,29H,11-13H2,1H3,(H2,27,35)(H2,28,30,31,32);1H2,2-3H3;2H,1H3/b3-2+;;. The van der Waals surface area contributed by atoms with E-state index < -0.39 is 11.7 Å². The first-order chi connectivity index (χ1) is 20.6. The largest absolute Gasteiger partial charge is 0.502 e. The monoisotopic (exact) mass is 677 g/mol. The molecule has 0 radical (unpaired) electrons. The summed E-state index contributed by atoms with van der Waals surface area (Å²) < 4.78 is 22.5. The molecule has 3 rings (SSSR count). The van der Waals surface area contributed by atoms with Crippen LogP contribution in [0.15, 0.2) is 82.5 Å². The summed E-state index contributed by atoms with van der Waals surface area (Å²) in [5.74, 6) is -0.205. The van der Waals surface area contributed by atoms with Crippen molar-refractivity contribution in [2.45, 2.75) is 11.8 Å². The number of nitrogens with one attached hydrogen (secondary N) is 3. The summed E-state index contributed by atoms with van der Waals surface area (Å²) in [6.07, 6.45) is 5.63. The summed E-state index contributed by atoms with van der Waals surface area (Å²) >= 11 is 4.88. The Morgan fingerprint density at radius 2 is 1.91 bits per heavy atom. The van der Waals surface area contributed by atoms with Crippen LogP contribution in [-0.4, -0.2) is 73.1 Å². The van der Waals surface area contributed by atoms with Crippen LogP contribution in [0.2, 0.25) is 0 Å². The van der Waals surface area contributed by atoms with E-state index in [0.29, 0.717) is 16.2 Å². The fourth-order valence-electron chi connectivity index (χ4n) is 3.02. The van der Waals surface area contributed by atoms with Gasteiger partial charge in [-0.2, -0.15) is 4.98 Å². The smallest absolute Gasteiger partial charge is 0.253 e. The molecule has 0 aliphatic carbocycles. The van der Waals surface area contributed by atoms with Gasteiger partial charge in [0.05, 0.1) is 28.6 Å². The van der Waals surface area contributed by atoms with E-state index in [2.05, 4.69) is 57.5 Å². The molecule has 1 amide bonds. The number of likely N-dealkylation sites (N-methyl/N-ethyl adjacent to an activating group) is 1. The van der Waals surface area contributed by atoms with Crippen LogP contribution < -0.4 is 21.1 Å². The van der Waals surface area contributed by atoms with Crippen molar-refractivity contribution in [1.29, 1.82) is 0 Å². The zero-order valence-corrected chi connectivity index (χ0v) is 26.8. The number of allylic oxidation sites excluding steroid dienone is 2. The summed E-state index contributed by atoms with van der Waals surface area (Å²) in [6, 6.07) is 11.9. The zero-order chi connectivity index (χ0) is 32.2. The number of nitrogens with two attached hydrogens (primary N) is 1. The van der Waals surface area contributed by atoms with Crippen molar-refractivity contribution < 1.29 is 23.8 Å². The van der Waals surface area contributed by atoms with Gasteiger partial charge in [-0.15, -0.1) is 0 Å². The number of aldehydes is 1. The maximum atomic E-state index is 14.1. The maximum absolute atomic E-state index is 14.1. The highest BCUT2D eigenvalue weighted by molar-refractivity contribution is 9.10. The zero-order valence-electron chi connectivity index (χ0n) is 24.4. The summed E-state index contributed by atoms with van der Waals surface area (Å²) in [5.41, 5.74) is 6.05. The summed E-state index contributed by atoms with van der Waals surface area (Å²) in [7, 11) is 4.59. The van der Waals surface area contributed by atoms with E-state index in [4.69, 9.17) is 10.8 Å². The second-order valence-electron chi connectivity index (χ2n) is 8.42. The molecular weight excluding hydrogens is 641 g/mol. The minimum atomic E-state index is -0.884. The molecule has 0 spiro atoms. The second kappa shape index (κ2) is 21.0. The molecule has 2 aromatic carbocycles. The average molecular weight is 679 g/mol. The Morgan fingerprint density at radius 3 is 2.51 bits per heavy atom. The number of rotatable bonds is 14. The number of halogens is 2. The first-order valence-electron chi connectivity index (χ1n) is 12.7. The molecule has 6 N–H and O–H groups in total. The SMILES string of the molecule is C=C(C)OC.CN(C/C=C/C=O)CCNSc1ccc(Nc2ncc(Br)c(Nc3cccc(F)c3C(N)=O)n2)cc1.CO. The van der Waals surface area contributed by atoms with E-state index in [1.807, 2.05) is 37.4 Å². The number of aromatic nitrogens is 2. The first kappa shape index (κ1) is 37.2. The minimum absolute atomic E-state index is 0.199. The number of anilines is 4. The Labute approximate surface area is 264 Å².